The Labute approximate surface area is 122 Å². The number of likely N-dealkylation sites (tertiary alicyclic amines) is 1. The van der Waals surface area contributed by atoms with E-state index in [1.807, 2.05) is 11.9 Å². The Balaban J connectivity index is 1.80. The number of ether oxygens (including phenoxy) is 1. The van der Waals surface area contributed by atoms with Crippen LogP contribution in [0.5, 0.6) is 0 Å². The molecule has 2 heterocycles. The van der Waals surface area contributed by atoms with Crippen molar-refractivity contribution in [1.82, 2.24) is 9.80 Å². The minimum atomic E-state index is -0.262. The molecule has 116 valence electrons. The van der Waals surface area contributed by atoms with Crippen LogP contribution in [-0.4, -0.2) is 67.2 Å². The molecule has 0 aliphatic carbocycles. The number of piperidine rings is 1. The molecular formula is C15H29N3O2. The molecule has 0 spiro atoms. The van der Waals surface area contributed by atoms with Gasteiger partial charge >= 0.3 is 0 Å². The molecule has 1 amide bonds. The first-order valence-electron chi connectivity index (χ1n) is 8.00. The van der Waals surface area contributed by atoms with Crippen LogP contribution in [0.1, 0.15) is 39.0 Å². The van der Waals surface area contributed by atoms with Crippen molar-refractivity contribution in [2.45, 2.75) is 57.3 Å². The Hall–Kier alpha value is -0.650. The minimum Gasteiger partial charge on any atom is -0.364 e. The lowest BCUT2D eigenvalue weighted by atomic mass is 10.0. The molecule has 5 heteroatoms. The van der Waals surface area contributed by atoms with Gasteiger partial charge in [-0.25, -0.2) is 0 Å². The number of likely N-dealkylation sites (N-methyl/N-ethyl adjacent to an activating group) is 1. The summed E-state index contributed by atoms with van der Waals surface area (Å²) in [5, 5.41) is 0. The maximum atomic E-state index is 12.5. The second-order valence-electron chi connectivity index (χ2n) is 6.08. The normalized spacial score (nSPS) is 28.8. The Morgan fingerprint density at radius 2 is 2.00 bits per heavy atom. The lowest BCUT2D eigenvalue weighted by Gasteiger charge is -2.37. The molecule has 2 rings (SSSR count). The summed E-state index contributed by atoms with van der Waals surface area (Å²) < 4.78 is 5.72. The highest BCUT2D eigenvalue weighted by Crippen LogP contribution is 2.23. The Morgan fingerprint density at radius 1 is 1.30 bits per heavy atom. The third kappa shape index (κ3) is 3.71. The molecule has 0 radical (unpaired) electrons. The summed E-state index contributed by atoms with van der Waals surface area (Å²) in [6.45, 7) is 6.12. The van der Waals surface area contributed by atoms with E-state index in [0.717, 1.165) is 38.8 Å². The van der Waals surface area contributed by atoms with Crippen molar-refractivity contribution in [3.63, 3.8) is 0 Å². The molecule has 0 aromatic carbocycles. The lowest BCUT2D eigenvalue weighted by molar-refractivity contribution is -0.144. The average molecular weight is 283 g/mol. The van der Waals surface area contributed by atoms with Crippen LogP contribution < -0.4 is 5.73 Å². The van der Waals surface area contributed by atoms with E-state index in [4.69, 9.17) is 10.5 Å². The van der Waals surface area contributed by atoms with Gasteiger partial charge in [0, 0.05) is 32.7 Å². The van der Waals surface area contributed by atoms with E-state index in [2.05, 4.69) is 11.8 Å². The van der Waals surface area contributed by atoms with Crippen molar-refractivity contribution in [3.8, 4) is 0 Å². The number of hydrogen-bond acceptors (Lipinski definition) is 4. The number of carbonyl (C=O) groups is 1. The summed E-state index contributed by atoms with van der Waals surface area (Å²) >= 11 is 0. The van der Waals surface area contributed by atoms with Crippen LogP contribution in [0.3, 0.4) is 0 Å². The van der Waals surface area contributed by atoms with Crippen LogP contribution in [0.4, 0.5) is 0 Å². The van der Waals surface area contributed by atoms with Crippen molar-refractivity contribution in [1.29, 1.82) is 0 Å². The van der Waals surface area contributed by atoms with Gasteiger partial charge in [0.25, 0.3) is 5.91 Å². The zero-order valence-corrected chi connectivity index (χ0v) is 12.9. The average Bonchev–Trinajstić information content (AvgIpc) is 2.96. The molecule has 0 bridgehead atoms. The highest BCUT2D eigenvalue weighted by Gasteiger charge is 2.34. The van der Waals surface area contributed by atoms with Crippen molar-refractivity contribution in [2.24, 2.45) is 5.73 Å². The minimum absolute atomic E-state index is 0.0729. The lowest BCUT2D eigenvalue weighted by Crippen LogP contribution is -2.48. The van der Waals surface area contributed by atoms with Crippen LogP contribution >= 0.6 is 0 Å². The molecule has 2 N–H and O–H groups in total. The fraction of sp³-hybridized carbons (Fsp3) is 0.933. The maximum Gasteiger partial charge on any atom is 0.251 e. The first-order valence-corrected chi connectivity index (χ1v) is 8.00. The molecule has 0 unspecified atom stereocenters. The zero-order valence-electron chi connectivity index (χ0n) is 12.9. The van der Waals surface area contributed by atoms with Crippen LogP contribution in [0, 0.1) is 0 Å². The first kappa shape index (κ1) is 15.7. The molecular weight excluding hydrogens is 254 g/mol. The van der Waals surface area contributed by atoms with Gasteiger partial charge in [0.1, 0.15) is 6.10 Å². The molecule has 2 aliphatic heterocycles. The highest BCUT2D eigenvalue weighted by atomic mass is 16.5. The fourth-order valence-corrected chi connectivity index (χ4v) is 3.31. The van der Waals surface area contributed by atoms with Gasteiger partial charge in [0.2, 0.25) is 0 Å². The van der Waals surface area contributed by atoms with Gasteiger partial charge in [-0.3, -0.25) is 4.79 Å². The number of nitrogens with two attached hydrogens (primary N) is 1. The third-order valence-electron chi connectivity index (χ3n) is 4.64. The quantitative estimate of drug-likeness (QED) is 0.812. The Bertz CT molecular complexity index is 316. The zero-order chi connectivity index (χ0) is 14.5. The maximum absolute atomic E-state index is 12.5. The largest absolute Gasteiger partial charge is 0.364 e. The summed E-state index contributed by atoms with van der Waals surface area (Å²) in [6, 6.07) is 0.371. The number of amides is 1. The van der Waals surface area contributed by atoms with E-state index in [-0.39, 0.29) is 18.1 Å². The molecule has 5 nitrogen and oxygen atoms in total. The number of nitrogens with zero attached hydrogens (tertiary/aromatic N) is 2. The van der Waals surface area contributed by atoms with Crippen molar-refractivity contribution < 1.29 is 9.53 Å². The van der Waals surface area contributed by atoms with Gasteiger partial charge in [-0.2, -0.15) is 0 Å². The molecule has 0 aromatic rings. The molecule has 0 aromatic heterocycles. The predicted molar refractivity (Wildman–Crippen MR) is 79.5 cm³/mol. The SMILES string of the molecule is CCCN1CCC(N(C)C(=O)[C@@H]2CC[C@H](CN)O2)CC1. The molecule has 2 fully saturated rings. The van der Waals surface area contributed by atoms with Crippen molar-refractivity contribution >= 4 is 5.91 Å². The predicted octanol–water partition coefficient (Wildman–Crippen LogP) is 0.826. The fourth-order valence-electron chi connectivity index (χ4n) is 3.31. The van der Waals surface area contributed by atoms with Crippen LogP contribution in [0.15, 0.2) is 0 Å². The highest BCUT2D eigenvalue weighted by molar-refractivity contribution is 5.81. The molecule has 0 saturated carbocycles. The number of rotatable bonds is 5. The Kier molecular flexibility index (Phi) is 5.81. The van der Waals surface area contributed by atoms with Gasteiger partial charge in [-0.15, -0.1) is 0 Å². The second-order valence-corrected chi connectivity index (χ2v) is 6.08. The molecule has 2 aliphatic rings. The molecule has 2 atom stereocenters. The third-order valence-corrected chi connectivity index (χ3v) is 4.64. The van der Waals surface area contributed by atoms with Crippen molar-refractivity contribution in [2.75, 3.05) is 33.2 Å². The summed E-state index contributed by atoms with van der Waals surface area (Å²) in [5.41, 5.74) is 5.60. The van der Waals surface area contributed by atoms with Gasteiger partial charge in [-0.1, -0.05) is 6.92 Å². The Morgan fingerprint density at radius 3 is 2.55 bits per heavy atom. The van der Waals surface area contributed by atoms with E-state index in [0.29, 0.717) is 12.6 Å². The van der Waals surface area contributed by atoms with E-state index >= 15 is 0 Å². The van der Waals surface area contributed by atoms with Crippen LogP contribution in [0.25, 0.3) is 0 Å². The summed E-state index contributed by atoms with van der Waals surface area (Å²) in [4.78, 5) is 16.9. The summed E-state index contributed by atoms with van der Waals surface area (Å²) in [5.74, 6) is 0.148. The number of carbonyl (C=O) groups excluding carboxylic acids is 1. The van der Waals surface area contributed by atoms with E-state index in [1.165, 1.54) is 13.0 Å². The van der Waals surface area contributed by atoms with E-state index in [9.17, 15) is 4.79 Å². The van der Waals surface area contributed by atoms with Gasteiger partial charge in [0.05, 0.1) is 6.10 Å². The topological polar surface area (TPSA) is 58.8 Å². The molecule has 2 saturated heterocycles. The standard InChI is InChI=1S/C15H29N3O2/c1-3-8-18-9-6-12(7-10-18)17(2)15(19)14-5-4-13(11-16)20-14/h12-14H,3-11,16H2,1-2H3/t13-,14+/m1/s1. The summed E-state index contributed by atoms with van der Waals surface area (Å²) in [6.07, 6.45) is 4.90. The van der Waals surface area contributed by atoms with Gasteiger partial charge < -0.3 is 20.3 Å². The monoisotopic (exact) mass is 283 g/mol. The van der Waals surface area contributed by atoms with Crippen molar-refractivity contribution in [3.05, 3.63) is 0 Å². The first-order chi connectivity index (χ1) is 9.65. The summed E-state index contributed by atoms with van der Waals surface area (Å²) in [7, 11) is 1.93. The van der Waals surface area contributed by atoms with Gasteiger partial charge in [0.15, 0.2) is 0 Å². The molecule has 20 heavy (non-hydrogen) atoms. The van der Waals surface area contributed by atoms with Gasteiger partial charge in [-0.05, 0) is 38.6 Å². The van der Waals surface area contributed by atoms with Crippen LogP contribution in [-0.2, 0) is 9.53 Å². The smallest absolute Gasteiger partial charge is 0.251 e. The number of hydrogen-bond donors (Lipinski definition) is 1. The van der Waals surface area contributed by atoms with E-state index < -0.39 is 0 Å². The van der Waals surface area contributed by atoms with Crippen LogP contribution in [0.2, 0.25) is 0 Å². The second kappa shape index (κ2) is 7.38. The van der Waals surface area contributed by atoms with E-state index in [1.54, 1.807) is 0 Å².